The molecule has 6 heteroatoms. The predicted molar refractivity (Wildman–Crippen MR) is 183 cm³/mol. The van der Waals surface area contributed by atoms with Crippen LogP contribution in [0.15, 0.2) is 48.5 Å². The van der Waals surface area contributed by atoms with E-state index in [9.17, 15) is 9.59 Å². The molecule has 0 N–H and O–H groups in total. The average Bonchev–Trinajstić information content (AvgIpc) is 3.06. The Morgan fingerprint density at radius 2 is 0.886 bits per heavy atom. The van der Waals surface area contributed by atoms with Crippen molar-refractivity contribution < 1.29 is 19.1 Å². The van der Waals surface area contributed by atoms with E-state index in [1.54, 1.807) is 0 Å². The Morgan fingerprint density at radius 1 is 0.545 bits per heavy atom. The maximum absolute atomic E-state index is 13.7. The van der Waals surface area contributed by atoms with Gasteiger partial charge in [-0.25, -0.2) is 0 Å². The summed E-state index contributed by atoms with van der Waals surface area (Å²) in [6.45, 7) is 19.5. The minimum Gasteiger partial charge on any atom is -0.494 e. The minimum atomic E-state index is -0.0704. The van der Waals surface area contributed by atoms with Crippen LogP contribution >= 0.6 is 0 Å². The lowest BCUT2D eigenvalue weighted by Crippen LogP contribution is -2.34. The van der Waals surface area contributed by atoms with Crippen molar-refractivity contribution in [3.05, 3.63) is 59.7 Å². The van der Waals surface area contributed by atoms with Crippen LogP contribution in [0.4, 0.5) is 0 Å². The summed E-state index contributed by atoms with van der Waals surface area (Å²) in [5.74, 6) is 1.90. The van der Waals surface area contributed by atoms with Gasteiger partial charge in [0.1, 0.15) is 11.5 Å². The summed E-state index contributed by atoms with van der Waals surface area (Å²) in [6, 6.07) is 15.3. The van der Waals surface area contributed by atoms with Gasteiger partial charge in [-0.05, 0) is 100 Å². The summed E-state index contributed by atoms with van der Waals surface area (Å²) in [6.07, 6.45) is 7.71. The quantitative estimate of drug-likeness (QED) is 0.0831. The second kappa shape index (κ2) is 21.9. The lowest BCUT2D eigenvalue weighted by molar-refractivity contribution is 0.0852. The van der Waals surface area contributed by atoms with Gasteiger partial charge in [0.25, 0.3) is 0 Å². The highest BCUT2D eigenvalue weighted by atomic mass is 16.5. The van der Waals surface area contributed by atoms with Crippen molar-refractivity contribution in [2.75, 3.05) is 52.5 Å². The van der Waals surface area contributed by atoms with E-state index in [1.807, 2.05) is 48.5 Å². The molecule has 0 aliphatic carbocycles. The van der Waals surface area contributed by atoms with E-state index in [-0.39, 0.29) is 23.4 Å². The molecule has 2 atom stereocenters. The minimum absolute atomic E-state index is 0.0704. The fourth-order valence-corrected chi connectivity index (χ4v) is 5.55. The monoisotopic (exact) mass is 608 g/mol. The number of ketones is 2. The lowest BCUT2D eigenvalue weighted by atomic mass is 9.88. The first-order valence-electron chi connectivity index (χ1n) is 17.4. The highest BCUT2D eigenvalue weighted by Crippen LogP contribution is 2.24. The van der Waals surface area contributed by atoms with Gasteiger partial charge in [0.2, 0.25) is 0 Å². The van der Waals surface area contributed by atoms with Gasteiger partial charge in [-0.1, -0.05) is 67.2 Å². The van der Waals surface area contributed by atoms with Crippen LogP contribution in [0.25, 0.3) is 0 Å². The Bertz CT molecular complexity index is 960. The number of Topliss-reactive ketones (excluding diaryl/α,β-unsaturated/α-hetero) is 2. The molecule has 0 saturated carbocycles. The van der Waals surface area contributed by atoms with Crippen molar-refractivity contribution in [2.45, 2.75) is 92.9 Å². The van der Waals surface area contributed by atoms with E-state index in [4.69, 9.17) is 9.47 Å². The predicted octanol–water partition coefficient (Wildman–Crippen LogP) is 8.59. The fourth-order valence-electron chi connectivity index (χ4n) is 5.55. The standard InChI is InChI=1S/C38H60N2O4/c1-7-13-27-43-35-23-19-31(20-24-35)37(41)33(29-39(9-3)10-4)17-15-16-18-34(30-40(11-5)12-6)38(42)32-21-25-36(26-22-32)44-28-14-8-2/h19-26,33-34H,7-18,27-30H2,1-6H3. The van der Waals surface area contributed by atoms with Crippen molar-refractivity contribution in [3.8, 4) is 11.5 Å². The summed E-state index contributed by atoms with van der Waals surface area (Å²) in [7, 11) is 0. The molecule has 0 heterocycles. The maximum atomic E-state index is 13.7. The van der Waals surface area contributed by atoms with Crippen molar-refractivity contribution in [1.82, 2.24) is 9.80 Å². The first kappa shape index (κ1) is 37.5. The summed E-state index contributed by atoms with van der Waals surface area (Å²) in [5, 5.41) is 0. The molecule has 0 aromatic heterocycles. The fraction of sp³-hybridized carbons (Fsp3) is 0.632. The van der Waals surface area contributed by atoms with Gasteiger partial charge in [-0.2, -0.15) is 0 Å². The van der Waals surface area contributed by atoms with E-state index < -0.39 is 0 Å². The van der Waals surface area contributed by atoms with E-state index in [0.717, 1.165) is 113 Å². The van der Waals surface area contributed by atoms with Gasteiger partial charge in [-0.3, -0.25) is 9.59 Å². The summed E-state index contributed by atoms with van der Waals surface area (Å²) in [4.78, 5) is 32.1. The highest BCUT2D eigenvalue weighted by molar-refractivity contribution is 5.98. The number of hydrogen-bond donors (Lipinski definition) is 0. The van der Waals surface area contributed by atoms with Crippen LogP contribution in [0.1, 0.15) is 114 Å². The van der Waals surface area contributed by atoms with Crippen LogP contribution < -0.4 is 9.47 Å². The Kier molecular flexibility index (Phi) is 18.7. The molecule has 0 amide bonds. The largest absolute Gasteiger partial charge is 0.494 e. The molecule has 0 bridgehead atoms. The summed E-state index contributed by atoms with van der Waals surface area (Å²) in [5.41, 5.74) is 1.50. The Labute approximate surface area is 268 Å². The smallest absolute Gasteiger partial charge is 0.167 e. The molecule has 0 aliphatic rings. The molecule has 2 rings (SSSR count). The number of unbranched alkanes of at least 4 members (excludes halogenated alkanes) is 3. The Hall–Kier alpha value is -2.70. The van der Waals surface area contributed by atoms with Crippen molar-refractivity contribution in [2.24, 2.45) is 11.8 Å². The van der Waals surface area contributed by atoms with Gasteiger partial charge in [-0.15, -0.1) is 0 Å². The van der Waals surface area contributed by atoms with Crippen LogP contribution in [-0.4, -0.2) is 73.8 Å². The third-order valence-electron chi connectivity index (χ3n) is 8.65. The lowest BCUT2D eigenvalue weighted by Gasteiger charge is -2.26. The normalized spacial score (nSPS) is 12.8. The number of rotatable bonds is 25. The van der Waals surface area contributed by atoms with Crippen LogP contribution in [0, 0.1) is 11.8 Å². The maximum Gasteiger partial charge on any atom is 0.167 e. The number of nitrogens with zero attached hydrogens (tertiary/aromatic N) is 2. The molecule has 0 fully saturated rings. The third-order valence-corrected chi connectivity index (χ3v) is 8.65. The van der Waals surface area contributed by atoms with Crippen LogP contribution in [0.5, 0.6) is 11.5 Å². The Balaban J connectivity index is 2.07. The molecule has 0 radical (unpaired) electrons. The molecule has 0 saturated heterocycles. The van der Waals surface area contributed by atoms with Crippen LogP contribution in [0.2, 0.25) is 0 Å². The molecule has 246 valence electrons. The zero-order valence-corrected chi connectivity index (χ0v) is 28.6. The van der Waals surface area contributed by atoms with Crippen LogP contribution in [0.3, 0.4) is 0 Å². The highest BCUT2D eigenvalue weighted by Gasteiger charge is 2.25. The van der Waals surface area contributed by atoms with Gasteiger partial charge < -0.3 is 19.3 Å². The van der Waals surface area contributed by atoms with Crippen molar-refractivity contribution >= 4 is 11.6 Å². The number of carbonyl (C=O) groups is 2. The zero-order valence-electron chi connectivity index (χ0n) is 28.6. The zero-order chi connectivity index (χ0) is 32.2. The number of carbonyl (C=O) groups excluding carboxylic acids is 2. The molecule has 0 aliphatic heterocycles. The molecule has 2 unspecified atom stereocenters. The van der Waals surface area contributed by atoms with Crippen LogP contribution in [-0.2, 0) is 0 Å². The van der Waals surface area contributed by atoms with Gasteiger partial charge in [0, 0.05) is 36.1 Å². The number of hydrogen-bond acceptors (Lipinski definition) is 6. The first-order valence-corrected chi connectivity index (χ1v) is 17.4. The first-order chi connectivity index (χ1) is 21.4. The molecule has 2 aromatic carbocycles. The van der Waals surface area contributed by atoms with Crippen molar-refractivity contribution in [3.63, 3.8) is 0 Å². The molecular weight excluding hydrogens is 548 g/mol. The molecule has 44 heavy (non-hydrogen) atoms. The van der Waals surface area contributed by atoms with E-state index in [2.05, 4.69) is 51.3 Å². The van der Waals surface area contributed by atoms with Gasteiger partial charge >= 0.3 is 0 Å². The number of ether oxygens (including phenoxy) is 2. The summed E-state index contributed by atoms with van der Waals surface area (Å²) >= 11 is 0. The van der Waals surface area contributed by atoms with E-state index >= 15 is 0 Å². The topological polar surface area (TPSA) is 59.1 Å². The van der Waals surface area contributed by atoms with E-state index in [1.165, 1.54) is 0 Å². The second-order valence-corrected chi connectivity index (χ2v) is 11.8. The number of benzene rings is 2. The Morgan fingerprint density at radius 3 is 1.18 bits per heavy atom. The summed E-state index contributed by atoms with van der Waals surface area (Å²) < 4.78 is 11.6. The van der Waals surface area contributed by atoms with E-state index in [0.29, 0.717) is 13.2 Å². The average molecular weight is 609 g/mol. The second-order valence-electron chi connectivity index (χ2n) is 11.8. The molecule has 0 spiro atoms. The van der Waals surface area contributed by atoms with Gasteiger partial charge in [0.05, 0.1) is 13.2 Å². The van der Waals surface area contributed by atoms with Gasteiger partial charge in [0.15, 0.2) is 11.6 Å². The van der Waals surface area contributed by atoms with Crippen molar-refractivity contribution in [1.29, 1.82) is 0 Å². The SMILES string of the molecule is CCCCOc1ccc(C(=O)C(CCCCC(CN(CC)CC)C(=O)c2ccc(OCCCC)cc2)CN(CC)CC)cc1. The molecule has 6 nitrogen and oxygen atoms in total. The molecule has 2 aromatic rings. The third kappa shape index (κ3) is 13.1. The molecular formula is C38H60N2O4.